The second-order valence-electron chi connectivity index (χ2n) is 7.81. The lowest BCUT2D eigenvalue weighted by atomic mass is 10.1. The van der Waals surface area contributed by atoms with E-state index >= 15 is 0 Å². The first kappa shape index (κ1) is 21.5. The number of hydrogen-bond donors (Lipinski definition) is 3. The van der Waals surface area contributed by atoms with Gasteiger partial charge in [-0.3, -0.25) is 9.59 Å². The number of nitrogens with zero attached hydrogens (tertiary/aromatic N) is 3. The first-order valence-electron chi connectivity index (χ1n) is 10.2. The summed E-state index contributed by atoms with van der Waals surface area (Å²) in [4.78, 5) is 30.3. The smallest absolute Gasteiger partial charge is 0.261 e. The third-order valence-electron chi connectivity index (χ3n) is 4.92. The van der Waals surface area contributed by atoms with Crippen LogP contribution in [0.15, 0.2) is 54.0 Å². The summed E-state index contributed by atoms with van der Waals surface area (Å²) < 4.78 is 1.49. The number of rotatable bonds is 6. The van der Waals surface area contributed by atoms with Crippen molar-refractivity contribution < 1.29 is 9.59 Å². The zero-order valence-electron chi connectivity index (χ0n) is 18.0. The number of nitrogens with two attached hydrogens (primary N) is 1. The van der Waals surface area contributed by atoms with E-state index in [2.05, 4.69) is 20.7 Å². The van der Waals surface area contributed by atoms with E-state index in [0.717, 1.165) is 16.7 Å². The molecule has 0 fully saturated rings. The fourth-order valence-electron chi connectivity index (χ4n) is 3.37. The van der Waals surface area contributed by atoms with Gasteiger partial charge in [-0.2, -0.15) is 4.98 Å². The topological polar surface area (TPSA) is 114 Å². The van der Waals surface area contributed by atoms with Gasteiger partial charge in [0.1, 0.15) is 0 Å². The first-order chi connectivity index (χ1) is 15.3. The van der Waals surface area contributed by atoms with Crippen LogP contribution < -0.4 is 16.4 Å². The Hall–Kier alpha value is -3.72. The molecule has 0 bridgehead atoms. The Morgan fingerprint density at radius 1 is 1.03 bits per heavy atom. The maximum Gasteiger partial charge on any atom is 0.261 e. The monoisotopic (exact) mass is 448 g/mol. The van der Waals surface area contributed by atoms with Gasteiger partial charge in [0.15, 0.2) is 5.65 Å². The van der Waals surface area contributed by atoms with Crippen molar-refractivity contribution in [3.05, 3.63) is 70.0 Å². The number of carbonyl (C=O) groups excluding carboxylic acids is 2. The number of hydrogen-bond acceptors (Lipinski definition) is 6. The number of fused-ring (bicyclic) bond motifs is 1. The standard InChI is InChI=1S/C23H24N6O2S/c1-13(2)25-21(30)18-9-16(11-29-20(18)27-23(24)28-29)17-10-19(32-12-17)22(31)26-14(3)15-7-5-4-6-8-15/h4-14H,1-3H3,(H2,24,28)(H,25,30)(H,26,31)/t14-/m1/s1. The molecule has 4 N–H and O–H groups in total. The molecular weight excluding hydrogens is 424 g/mol. The van der Waals surface area contributed by atoms with Crippen LogP contribution in [-0.2, 0) is 0 Å². The average molecular weight is 449 g/mol. The Morgan fingerprint density at radius 2 is 1.78 bits per heavy atom. The quantitative estimate of drug-likeness (QED) is 0.416. The summed E-state index contributed by atoms with van der Waals surface area (Å²) in [7, 11) is 0. The molecule has 0 aliphatic heterocycles. The normalized spacial score (nSPS) is 12.1. The molecule has 164 valence electrons. The molecule has 8 nitrogen and oxygen atoms in total. The zero-order chi connectivity index (χ0) is 22.8. The van der Waals surface area contributed by atoms with Crippen LogP contribution >= 0.6 is 11.3 Å². The number of benzene rings is 1. The maximum atomic E-state index is 12.8. The zero-order valence-corrected chi connectivity index (χ0v) is 18.8. The SMILES string of the molecule is CC(C)NC(=O)c1cc(-c2csc(C(=O)N[C@H](C)c3ccccc3)c2)cn2nc(N)nc12. The van der Waals surface area contributed by atoms with Crippen molar-refractivity contribution in [2.75, 3.05) is 5.73 Å². The summed E-state index contributed by atoms with van der Waals surface area (Å²) >= 11 is 1.34. The number of thiophene rings is 1. The van der Waals surface area contributed by atoms with Crippen LogP contribution in [0, 0.1) is 0 Å². The summed E-state index contributed by atoms with van der Waals surface area (Å²) in [5, 5.41) is 11.9. The molecule has 0 saturated heterocycles. The van der Waals surface area contributed by atoms with Crippen molar-refractivity contribution in [2.24, 2.45) is 0 Å². The van der Waals surface area contributed by atoms with Crippen molar-refractivity contribution >= 4 is 34.7 Å². The molecular formula is C23H24N6O2S. The number of aromatic nitrogens is 3. The number of carbonyl (C=O) groups is 2. The van der Waals surface area contributed by atoms with E-state index in [-0.39, 0.29) is 29.8 Å². The highest BCUT2D eigenvalue weighted by Crippen LogP contribution is 2.28. The summed E-state index contributed by atoms with van der Waals surface area (Å²) in [6.45, 7) is 5.72. The molecule has 0 aliphatic rings. The molecule has 3 aromatic heterocycles. The Morgan fingerprint density at radius 3 is 2.50 bits per heavy atom. The fourth-order valence-corrected chi connectivity index (χ4v) is 4.19. The van der Waals surface area contributed by atoms with Gasteiger partial charge in [0.25, 0.3) is 11.8 Å². The molecule has 32 heavy (non-hydrogen) atoms. The van der Waals surface area contributed by atoms with Gasteiger partial charge in [0, 0.05) is 17.8 Å². The third kappa shape index (κ3) is 4.47. The molecule has 1 atom stereocenters. The van der Waals surface area contributed by atoms with E-state index in [9.17, 15) is 9.59 Å². The van der Waals surface area contributed by atoms with E-state index < -0.39 is 0 Å². The van der Waals surface area contributed by atoms with Crippen molar-refractivity contribution in [3.8, 4) is 11.1 Å². The fraction of sp³-hybridized carbons (Fsp3) is 0.217. The average Bonchev–Trinajstić information content (AvgIpc) is 3.39. The van der Waals surface area contributed by atoms with Crippen molar-refractivity contribution in [3.63, 3.8) is 0 Å². The van der Waals surface area contributed by atoms with Gasteiger partial charge in [0.05, 0.1) is 16.5 Å². The second-order valence-corrected chi connectivity index (χ2v) is 8.73. The van der Waals surface area contributed by atoms with Crippen molar-refractivity contribution in [1.82, 2.24) is 25.2 Å². The van der Waals surface area contributed by atoms with E-state index in [1.165, 1.54) is 15.9 Å². The molecule has 4 rings (SSSR count). The predicted molar refractivity (Wildman–Crippen MR) is 126 cm³/mol. The van der Waals surface area contributed by atoms with Gasteiger partial charge in [-0.15, -0.1) is 16.4 Å². The van der Waals surface area contributed by atoms with Crippen LogP contribution in [0.1, 0.15) is 52.4 Å². The number of amides is 2. The lowest BCUT2D eigenvalue weighted by Gasteiger charge is -2.13. The summed E-state index contributed by atoms with van der Waals surface area (Å²) in [5.74, 6) is -0.327. The van der Waals surface area contributed by atoms with Gasteiger partial charge in [0.2, 0.25) is 5.95 Å². The minimum atomic E-state index is -0.260. The predicted octanol–water partition coefficient (Wildman–Crippen LogP) is 3.67. The van der Waals surface area contributed by atoms with E-state index in [4.69, 9.17) is 5.73 Å². The van der Waals surface area contributed by atoms with Gasteiger partial charge < -0.3 is 16.4 Å². The van der Waals surface area contributed by atoms with Gasteiger partial charge in [-0.1, -0.05) is 30.3 Å². The number of nitrogen functional groups attached to an aromatic ring is 1. The van der Waals surface area contributed by atoms with Crippen LogP contribution in [0.3, 0.4) is 0 Å². The molecule has 0 unspecified atom stereocenters. The molecule has 0 saturated carbocycles. The molecule has 4 aromatic rings. The summed E-state index contributed by atoms with van der Waals surface area (Å²) in [5.41, 5.74) is 9.10. The van der Waals surface area contributed by atoms with Crippen molar-refractivity contribution in [2.45, 2.75) is 32.9 Å². The number of pyridine rings is 1. The molecule has 0 radical (unpaired) electrons. The Labute approximate surface area is 189 Å². The van der Waals surface area contributed by atoms with Gasteiger partial charge in [-0.25, -0.2) is 4.52 Å². The van der Waals surface area contributed by atoms with Crippen LogP contribution in [0.25, 0.3) is 16.8 Å². The third-order valence-corrected chi connectivity index (χ3v) is 5.85. The summed E-state index contributed by atoms with van der Waals surface area (Å²) in [6.07, 6.45) is 1.75. The minimum absolute atomic E-state index is 0.0328. The Kier molecular flexibility index (Phi) is 5.91. The van der Waals surface area contributed by atoms with E-state index in [1.807, 2.05) is 62.5 Å². The molecule has 1 aromatic carbocycles. The highest BCUT2D eigenvalue weighted by atomic mass is 32.1. The highest BCUT2D eigenvalue weighted by Gasteiger charge is 2.19. The lowest BCUT2D eigenvalue weighted by molar-refractivity contribution is 0.0935. The van der Waals surface area contributed by atoms with Crippen LogP contribution in [-0.4, -0.2) is 32.5 Å². The number of nitrogens with one attached hydrogen (secondary N) is 2. The largest absolute Gasteiger partial charge is 0.366 e. The molecule has 9 heteroatoms. The second kappa shape index (κ2) is 8.80. The Bertz CT molecular complexity index is 1280. The van der Waals surface area contributed by atoms with Crippen LogP contribution in [0.4, 0.5) is 5.95 Å². The highest BCUT2D eigenvalue weighted by molar-refractivity contribution is 7.12. The van der Waals surface area contributed by atoms with E-state index in [1.54, 1.807) is 12.3 Å². The lowest BCUT2D eigenvalue weighted by Crippen LogP contribution is -2.30. The van der Waals surface area contributed by atoms with Crippen LogP contribution in [0.2, 0.25) is 0 Å². The maximum absolute atomic E-state index is 12.8. The molecule has 2 amide bonds. The number of anilines is 1. The minimum Gasteiger partial charge on any atom is -0.366 e. The van der Waals surface area contributed by atoms with Crippen LogP contribution in [0.5, 0.6) is 0 Å². The Balaban J connectivity index is 1.62. The molecule has 0 aliphatic carbocycles. The van der Waals surface area contributed by atoms with Crippen molar-refractivity contribution in [1.29, 1.82) is 0 Å². The van der Waals surface area contributed by atoms with Gasteiger partial charge in [-0.05, 0) is 49.4 Å². The van der Waals surface area contributed by atoms with Gasteiger partial charge >= 0.3 is 0 Å². The first-order valence-corrected chi connectivity index (χ1v) is 11.1. The summed E-state index contributed by atoms with van der Waals surface area (Å²) in [6, 6.07) is 13.2. The van der Waals surface area contributed by atoms with E-state index in [0.29, 0.717) is 16.1 Å². The molecule has 0 spiro atoms. The molecule has 3 heterocycles.